The molecule has 0 bridgehead atoms. The van der Waals surface area contributed by atoms with Crippen molar-refractivity contribution < 1.29 is 9.53 Å². The Kier molecular flexibility index (Phi) is 6.65. The SMILES string of the molecule is C=CC(=C)CCCC(Cc1ccccc1)C(=O)OC. The van der Waals surface area contributed by atoms with Crippen LogP contribution in [-0.4, -0.2) is 13.1 Å². The summed E-state index contributed by atoms with van der Waals surface area (Å²) < 4.78 is 4.89. The number of carbonyl (C=O) groups excluding carboxylic acids is 1. The molecule has 1 rings (SSSR count). The highest BCUT2D eigenvalue weighted by Gasteiger charge is 2.19. The summed E-state index contributed by atoms with van der Waals surface area (Å²) in [7, 11) is 1.45. The van der Waals surface area contributed by atoms with Crippen LogP contribution in [0.25, 0.3) is 0 Å². The normalized spacial score (nSPS) is 11.6. The predicted octanol–water partition coefficient (Wildman–Crippen LogP) is 3.93. The summed E-state index contributed by atoms with van der Waals surface area (Å²) >= 11 is 0. The zero-order chi connectivity index (χ0) is 14.1. The molecule has 0 fully saturated rings. The van der Waals surface area contributed by atoms with Gasteiger partial charge in [0.1, 0.15) is 0 Å². The average Bonchev–Trinajstić information content (AvgIpc) is 2.46. The van der Waals surface area contributed by atoms with Crippen molar-refractivity contribution in [2.24, 2.45) is 5.92 Å². The van der Waals surface area contributed by atoms with Crippen LogP contribution in [0.4, 0.5) is 0 Å². The Bertz CT molecular complexity index is 420. The van der Waals surface area contributed by atoms with Gasteiger partial charge in [-0.25, -0.2) is 0 Å². The van der Waals surface area contributed by atoms with Gasteiger partial charge in [-0.1, -0.05) is 55.1 Å². The Balaban J connectivity index is 2.55. The van der Waals surface area contributed by atoms with Crippen molar-refractivity contribution >= 4 is 5.97 Å². The van der Waals surface area contributed by atoms with Crippen LogP contribution in [0.2, 0.25) is 0 Å². The highest BCUT2D eigenvalue weighted by Crippen LogP contribution is 2.18. The van der Waals surface area contributed by atoms with Crippen LogP contribution in [0.15, 0.2) is 55.1 Å². The molecule has 2 heteroatoms. The molecule has 0 N–H and O–H groups in total. The molecule has 2 nitrogen and oxygen atoms in total. The molecule has 0 aromatic heterocycles. The van der Waals surface area contributed by atoms with Crippen LogP contribution in [0.3, 0.4) is 0 Å². The van der Waals surface area contributed by atoms with Crippen molar-refractivity contribution in [2.45, 2.75) is 25.7 Å². The molecule has 1 aromatic carbocycles. The van der Waals surface area contributed by atoms with E-state index in [0.717, 1.165) is 31.3 Å². The summed E-state index contributed by atoms with van der Waals surface area (Å²) in [6.07, 6.45) is 5.12. The van der Waals surface area contributed by atoms with Crippen molar-refractivity contribution in [3.05, 3.63) is 60.7 Å². The van der Waals surface area contributed by atoms with Gasteiger partial charge in [0, 0.05) is 0 Å². The quantitative estimate of drug-likeness (QED) is 0.521. The van der Waals surface area contributed by atoms with E-state index in [2.05, 4.69) is 13.2 Å². The zero-order valence-electron chi connectivity index (χ0n) is 11.6. The van der Waals surface area contributed by atoms with E-state index in [-0.39, 0.29) is 11.9 Å². The maximum atomic E-state index is 11.8. The van der Waals surface area contributed by atoms with Gasteiger partial charge < -0.3 is 4.74 Å². The topological polar surface area (TPSA) is 26.3 Å². The minimum absolute atomic E-state index is 0.0787. The molecular formula is C17H22O2. The Morgan fingerprint density at radius 3 is 2.63 bits per heavy atom. The molecule has 0 saturated carbocycles. The minimum Gasteiger partial charge on any atom is -0.469 e. The van der Waals surface area contributed by atoms with Gasteiger partial charge in [0.2, 0.25) is 0 Å². The van der Waals surface area contributed by atoms with Gasteiger partial charge in [-0.2, -0.15) is 0 Å². The number of methoxy groups -OCH3 is 1. The lowest BCUT2D eigenvalue weighted by atomic mass is 9.93. The van der Waals surface area contributed by atoms with E-state index in [9.17, 15) is 4.79 Å². The molecule has 0 radical (unpaired) electrons. The molecule has 19 heavy (non-hydrogen) atoms. The van der Waals surface area contributed by atoms with E-state index in [1.165, 1.54) is 12.7 Å². The van der Waals surface area contributed by atoms with Crippen molar-refractivity contribution in [3.63, 3.8) is 0 Å². The van der Waals surface area contributed by atoms with Crippen LogP contribution in [0.5, 0.6) is 0 Å². The summed E-state index contributed by atoms with van der Waals surface area (Å²) in [5, 5.41) is 0. The Morgan fingerprint density at radius 2 is 2.05 bits per heavy atom. The fourth-order valence-corrected chi connectivity index (χ4v) is 2.05. The lowest BCUT2D eigenvalue weighted by Gasteiger charge is -2.14. The number of esters is 1. The van der Waals surface area contributed by atoms with E-state index >= 15 is 0 Å². The number of rotatable bonds is 8. The van der Waals surface area contributed by atoms with Crippen molar-refractivity contribution in [1.29, 1.82) is 0 Å². The number of ether oxygens (including phenoxy) is 1. The Morgan fingerprint density at radius 1 is 1.37 bits per heavy atom. The van der Waals surface area contributed by atoms with E-state index < -0.39 is 0 Å². The van der Waals surface area contributed by atoms with Crippen LogP contribution < -0.4 is 0 Å². The molecule has 0 aliphatic carbocycles. The summed E-state index contributed by atoms with van der Waals surface area (Å²) in [6, 6.07) is 10.0. The highest BCUT2D eigenvalue weighted by atomic mass is 16.5. The van der Waals surface area contributed by atoms with E-state index in [0.29, 0.717) is 0 Å². The summed E-state index contributed by atoms with van der Waals surface area (Å²) in [4.78, 5) is 11.8. The van der Waals surface area contributed by atoms with E-state index in [1.807, 2.05) is 30.3 Å². The molecule has 0 saturated heterocycles. The van der Waals surface area contributed by atoms with Gasteiger partial charge in [-0.05, 0) is 31.2 Å². The third kappa shape index (κ3) is 5.56. The smallest absolute Gasteiger partial charge is 0.308 e. The van der Waals surface area contributed by atoms with Crippen molar-refractivity contribution in [1.82, 2.24) is 0 Å². The molecular weight excluding hydrogens is 236 g/mol. The average molecular weight is 258 g/mol. The first-order valence-corrected chi connectivity index (χ1v) is 6.59. The van der Waals surface area contributed by atoms with Crippen LogP contribution in [0, 0.1) is 5.92 Å². The minimum atomic E-state index is -0.131. The van der Waals surface area contributed by atoms with Gasteiger partial charge in [0.25, 0.3) is 0 Å². The summed E-state index contributed by atoms with van der Waals surface area (Å²) in [5.41, 5.74) is 2.18. The van der Waals surface area contributed by atoms with Crippen molar-refractivity contribution in [3.8, 4) is 0 Å². The third-order valence-electron chi connectivity index (χ3n) is 3.20. The van der Waals surface area contributed by atoms with Crippen LogP contribution >= 0.6 is 0 Å². The summed E-state index contributed by atoms with van der Waals surface area (Å²) in [6.45, 7) is 7.57. The third-order valence-corrected chi connectivity index (χ3v) is 3.20. The number of allylic oxidation sites excluding steroid dienone is 2. The first-order valence-electron chi connectivity index (χ1n) is 6.59. The highest BCUT2D eigenvalue weighted by molar-refractivity contribution is 5.72. The number of benzene rings is 1. The lowest BCUT2D eigenvalue weighted by Crippen LogP contribution is -2.18. The van der Waals surface area contributed by atoms with Crippen LogP contribution in [0.1, 0.15) is 24.8 Å². The van der Waals surface area contributed by atoms with Gasteiger partial charge >= 0.3 is 5.97 Å². The fourth-order valence-electron chi connectivity index (χ4n) is 2.05. The maximum absolute atomic E-state index is 11.8. The standard InChI is InChI=1S/C17H22O2/c1-4-14(2)9-8-12-16(17(18)19-3)13-15-10-6-5-7-11-15/h4-7,10-11,16H,1-2,8-9,12-13H2,3H3. The summed E-state index contributed by atoms with van der Waals surface area (Å²) in [5.74, 6) is -0.210. The number of hydrogen-bond donors (Lipinski definition) is 0. The molecule has 1 atom stereocenters. The monoisotopic (exact) mass is 258 g/mol. The molecule has 1 aromatic rings. The predicted molar refractivity (Wildman–Crippen MR) is 78.8 cm³/mol. The molecule has 0 amide bonds. The van der Waals surface area contributed by atoms with Gasteiger partial charge in [0.05, 0.1) is 13.0 Å². The van der Waals surface area contributed by atoms with Gasteiger partial charge in [-0.3, -0.25) is 4.79 Å². The van der Waals surface area contributed by atoms with Gasteiger partial charge in [0.15, 0.2) is 0 Å². The molecule has 0 aliphatic heterocycles. The van der Waals surface area contributed by atoms with Crippen LogP contribution in [-0.2, 0) is 16.0 Å². The second-order valence-corrected chi connectivity index (χ2v) is 4.66. The zero-order valence-corrected chi connectivity index (χ0v) is 11.6. The molecule has 102 valence electrons. The fraction of sp³-hybridized carbons (Fsp3) is 0.353. The second-order valence-electron chi connectivity index (χ2n) is 4.66. The molecule has 0 spiro atoms. The number of hydrogen-bond acceptors (Lipinski definition) is 2. The van der Waals surface area contributed by atoms with Crippen molar-refractivity contribution in [2.75, 3.05) is 7.11 Å². The lowest BCUT2D eigenvalue weighted by molar-refractivity contribution is -0.145. The molecule has 0 aliphatic rings. The molecule has 1 unspecified atom stereocenters. The Labute approximate surface area is 115 Å². The van der Waals surface area contributed by atoms with Gasteiger partial charge in [-0.15, -0.1) is 0 Å². The first kappa shape index (κ1) is 15.2. The Hall–Kier alpha value is -1.83. The van der Waals surface area contributed by atoms with E-state index in [1.54, 1.807) is 6.08 Å². The second kappa shape index (κ2) is 8.30. The largest absolute Gasteiger partial charge is 0.469 e. The first-order chi connectivity index (χ1) is 9.17. The molecule has 0 heterocycles. The maximum Gasteiger partial charge on any atom is 0.308 e. The van der Waals surface area contributed by atoms with E-state index in [4.69, 9.17) is 4.74 Å². The number of carbonyl (C=O) groups is 1.